The summed E-state index contributed by atoms with van der Waals surface area (Å²) in [5.74, 6) is 0.0342. The lowest BCUT2D eigenvalue weighted by molar-refractivity contribution is -0.119. The molecule has 1 N–H and O–H groups in total. The van der Waals surface area contributed by atoms with Crippen LogP contribution in [-0.2, 0) is 11.3 Å². The van der Waals surface area contributed by atoms with E-state index in [-0.39, 0.29) is 5.91 Å². The molecule has 0 aliphatic carbocycles. The fourth-order valence-electron chi connectivity index (χ4n) is 2.51. The highest BCUT2D eigenvalue weighted by atomic mass is 35.5. The number of hydrogen-bond acceptors (Lipinski definition) is 3. The maximum atomic E-state index is 12.5. The molecule has 26 heavy (non-hydrogen) atoms. The first-order valence-corrected chi connectivity index (χ1v) is 8.96. The number of rotatable bonds is 5. The van der Waals surface area contributed by atoms with E-state index in [9.17, 15) is 4.79 Å². The van der Waals surface area contributed by atoms with Crippen LogP contribution >= 0.6 is 34.8 Å². The van der Waals surface area contributed by atoms with Crippen LogP contribution in [0.4, 0.5) is 5.82 Å². The van der Waals surface area contributed by atoms with Gasteiger partial charge in [0.2, 0.25) is 5.91 Å². The first-order chi connectivity index (χ1) is 12.3. The highest BCUT2D eigenvalue weighted by molar-refractivity contribution is 6.35. The molecule has 0 aliphatic rings. The molecule has 1 aromatic carbocycles. The molecule has 0 radical (unpaired) electrons. The second-order valence-corrected chi connectivity index (χ2v) is 7.09. The van der Waals surface area contributed by atoms with Crippen molar-refractivity contribution in [2.45, 2.75) is 26.4 Å². The molecule has 1 atom stereocenters. The smallest absolute Gasteiger partial charge is 0.250 e. The van der Waals surface area contributed by atoms with Crippen molar-refractivity contribution < 1.29 is 4.79 Å². The molecule has 0 saturated carbocycles. The lowest BCUT2D eigenvalue weighted by Crippen LogP contribution is -2.25. The third kappa shape index (κ3) is 4.03. The Morgan fingerprint density at radius 3 is 2.65 bits per heavy atom. The molecule has 0 spiro atoms. The second kappa shape index (κ2) is 7.70. The zero-order chi connectivity index (χ0) is 18.8. The van der Waals surface area contributed by atoms with Crippen LogP contribution in [0, 0.1) is 6.92 Å². The molecule has 1 amide bonds. The van der Waals surface area contributed by atoms with E-state index in [0.29, 0.717) is 27.4 Å². The highest BCUT2D eigenvalue weighted by Crippen LogP contribution is 2.25. The van der Waals surface area contributed by atoms with Gasteiger partial charge in [0.05, 0.1) is 6.54 Å². The average Bonchev–Trinajstić information content (AvgIpc) is 3.15. The Morgan fingerprint density at radius 2 is 2.00 bits per heavy atom. The van der Waals surface area contributed by atoms with Crippen molar-refractivity contribution in [3.8, 4) is 0 Å². The van der Waals surface area contributed by atoms with Gasteiger partial charge in [-0.3, -0.25) is 14.2 Å². The van der Waals surface area contributed by atoms with Crippen molar-refractivity contribution in [2.75, 3.05) is 5.32 Å². The third-order valence-electron chi connectivity index (χ3n) is 3.92. The van der Waals surface area contributed by atoms with E-state index < -0.39 is 6.04 Å². The average molecular weight is 413 g/mol. The number of benzene rings is 1. The first kappa shape index (κ1) is 18.8. The summed E-state index contributed by atoms with van der Waals surface area (Å²) in [5.41, 5.74) is 1.73. The van der Waals surface area contributed by atoms with Crippen molar-refractivity contribution in [3.63, 3.8) is 0 Å². The SMILES string of the molecule is Cc1ccnn1C(C)C(=O)Nc1nn(Cc2ccc(Cl)cc2Cl)cc1Cl. The van der Waals surface area contributed by atoms with E-state index in [0.717, 1.165) is 11.3 Å². The van der Waals surface area contributed by atoms with Crippen molar-refractivity contribution in [3.05, 3.63) is 63.0 Å². The van der Waals surface area contributed by atoms with Crippen LogP contribution in [0.3, 0.4) is 0 Å². The fourth-order valence-corrected chi connectivity index (χ4v) is 3.17. The molecule has 0 saturated heterocycles. The van der Waals surface area contributed by atoms with Gasteiger partial charge in [0, 0.05) is 28.1 Å². The normalized spacial score (nSPS) is 12.2. The molecule has 6 nitrogen and oxygen atoms in total. The van der Waals surface area contributed by atoms with E-state index in [1.54, 1.807) is 40.8 Å². The van der Waals surface area contributed by atoms with Gasteiger partial charge in [-0.1, -0.05) is 40.9 Å². The molecule has 136 valence electrons. The summed E-state index contributed by atoms with van der Waals surface area (Å²) in [6, 6.07) is 6.59. The van der Waals surface area contributed by atoms with Gasteiger partial charge in [-0.25, -0.2) is 0 Å². The molecule has 2 aromatic heterocycles. The van der Waals surface area contributed by atoms with Gasteiger partial charge < -0.3 is 5.32 Å². The molecular formula is C17H16Cl3N5O. The highest BCUT2D eigenvalue weighted by Gasteiger charge is 2.19. The molecule has 2 heterocycles. The summed E-state index contributed by atoms with van der Waals surface area (Å²) in [6.07, 6.45) is 3.28. The number of nitrogens with one attached hydrogen (secondary N) is 1. The van der Waals surface area contributed by atoms with Crippen molar-refractivity contribution in [1.82, 2.24) is 19.6 Å². The topological polar surface area (TPSA) is 64.7 Å². The van der Waals surface area contributed by atoms with Gasteiger partial charge in [0.1, 0.15) is 11.1 Å². The van der Waals surface area contributed by atoms with E-state index in [4.69, 9.17) is 34.8 Å². The van der Waals surface area contributed by atoms with Gasteiger partial charge >= 0.3 is 0 Å². The summed E-state index contributed by atoms with van der Waals surface area (Å²) < 4.78 is 3.24. The third-order valence-corrected chi connectivity index (χ3v) is 4.78. The first-order valence-electron chi connectivity index (χ1n) is 7.83. The van der Waals surface area contributed by atoms with E-state index >= 15 is 0 Å². The monoisotopic (exact) mass is 411 g/mol. The molecular weight excluding hydrogens is 397 g/mol. The summed E-state index contributed by atoms with van der Waals surface area (Å²) >= 11 is 18.3. The number of amides is 1. The maximum absolute atomic E-state index is 12.5. The van der Waals surface area contributed by atoms with Crippen LogP contribution in [0.1, 0.15) is 24.2 Å². The predicted octanol–water partition coefficient (Wildman–Crippen LogP) is 4.60. The van der Waals surface area contributed by atoms with Gasteiger partial charge in [0.15, 0.2) is 5.82 Å². The van der Waals surface area contributed by atoms with E-state index in [1.165, 1.54) is 0 Å². The Bertz CT molecular complexity index is 950. The summed E-state index contributed by atoms with van der Waals surface area (Å²) in [6.45, 7) is 4.04. The van der Waals surface area contributed by atoms with Crippen LogP contribution in [0.5, 0.6) is 0 Å². The van der Waals surface area contributed by atoms with Crippen LogP contribution in [0.25, 0.3) is 0 Å². The van der Waals surface area contributed by atoms with Crippen LogP contribution in [-0.4, -0.2) is 25.5 Å². The lowest BCUT2D eigenvalue weighted by Gasteiger charge is -2.13. The van der Waals surface area contributed by atoms with Crippen LogP contribution < -0.4 is 5.32 Å². The Hall–Kier alpha value is -2.02. The summed E-state index contributed by atoms with van der Waals surface area (Å²) in [4.78, 5) is 12.5. The number of carbonyl (C=O) groups excluding carboxylic acids is 1. The van der Waals surface area contributed by atoms with E-state index in [2.05, 4.69) is 15.5 Å². The lowest BCUT2D eigenvalue weighted by atomic mass is 10.2. The number of nitrogens with zero attached hydrogens (tertiary/aromatic N) is 4. The maximum Gasteiger partial charge on any atom is 0.250 e. The number of aromatic nitrogens is 4. The van der Waals surface area contributed by atoms with E-state index in [1.807, 2.05) is 19.1 Å². The Morgan fingerprint density at radius 1 is 1.23 bits per heavy atom. The number of anilines is 1. The molecule has 9 heteroatoms. The van der Waals surface area contributed by atoms with Gasteiger partial charge in [-0.2, -0.15) is 10.2 Å². The quantitative estimate of drug-likeness (QED) is 0.666. The Labute approximate surface area is 165 Å². The van der Waals surface area contributed by atoms with Gasteiger partial charge in [-0.15, -0.1) is 0 Å². The molecule has 3 rings (SSSR count). The number of aryl methyl sites for hydroxylation is 1. The largest absolute Gasteiger partial charge is 0.306 e. The van der Waals surface area contributed by atoms with Gasteiger partial charge in [0.25, 0.3) is 0 Å². The predicted molar refractivity (Wildman–Crippen MR) is 103 cm³/mol. The molecule has 0 fully saturated rings. The zero-order valence-electron chi connectivity index (χ0n) is 14.1. The fraction of sp³-hybridized carbons (Fsp3) is 0.235. The summed E-state index contributed by atoms with van der Waals surface area (Å²) in [7, 11) is 0. The minimum atomic E-state index is -0.489. The molecule has 3 aromatic rings. The molecule has 1 unspecified atom stereocenters. The van der Waals surface area contributed by atoms with Crippen molar-refractivity contribution >= 4 is 46.5 Å². The summed E-state index contributed by atoms with van der Waals surface area (Å²) in [5, 5.41) is 12.7. The minimum absolute atomic E-state index is 0.256. The Balaban J connectivity index is 1.74. The standard InChI is InChI=1S/C17H16Cl3N5O/c1-10-5-6-21-25(10)11(2)17(26)22-16-15(20)9-24(23-16)8-12-3-4-13(18)7-14(12)19/h3-7,9,11H,8H2,1-2H3,(H,22,23,26). The van der Waals surface area contributed by atoms with Gasteiger partial charge in [-0.05, 0) is 37.6 Å². The van der Waals surface area contributed by atoms with Crippen LogP contribution in [0.15, 0.2) is 36.7 Å². The second-order valence-electron chi connectivity index (χ2n) is 5.84. The number of hydrogen-bond donors (Lipinski definition) is 1. The molecule has 0 aliphatic heterocycles. The number of carbonyl (C=O) groups is 1. The Kier molecular flexibility index (Phi) is 5.55. The number of halogens is 3. The zero-order valence-corrected chi connectivity index (χ0v) is 16.3. The van der Waals surface area contributed by atoms with Crippen molar-refractivity contribution in [1.29, 1.82) is 0 Å². The van der Waals surface area contributed by atoms with Crippen molar-refractivity contribution in [2.24, 2.45) is 0 Å². The van der Waals surface area contributed by atoms with Crippen LogP contribution in [0.2, 0.25) is 15.1 Å². The minimum Gasteiger partial charge on any atom is -0.306 e. The molecule has 0 bridgehead atoms.